The van der Waals surface area contributed by atoms with E-state index in [-0.39, 0.29) is 11.9 Å². The third kappa shape index (κ3) is 4.24. The van der Waals surface area contributed by atoms with Crippen molar-refractivity contribution in [2.45, 2.75) is 36.2 Å². The maximum Gasteiger partial charge on any atom is 0.240 e. The summed E-state index contributed by atoms with van der Waals surface area (Å²) >= 11 is 7.36. The Balaban J connectivity index is 1.65. The van der Waals surface area contributed by atoms with Crippen molar-refractivity contribution in [1.82, 2.24) is 14.9 Å². The number of nitrogens with one attached hydrogen (secondary N) is 2. The Kier molecular flexibility index (Phi) is 6.15. The highest BCUT2D eigenvalue weighted by molar-refractivity contribution is 8.00. The minimum atomic E-state index is -0.444. The fourth-order valence-corrected chi connectivity index (χ4v) is 4.52. The largest absolute Gasteiger partial charge is 0.497 e. The predicted molar refractivity (Wildman–Crippen MR) is 119 cm³/mol. The molecule has 0 radical (unpaired) electrons. The number of carbonyl (C=O) groups is 1. The molecule has 7 nitrogen and oxygen atoms in total. The van der Waals surface area contributed by atoms with Gasteiger partial charge in [-0.3, -0.25) is 4.79 Å². The van der Waals surface area contributed by atoms with Crippen molar-refractivity contribution in [1.29, 1.82) is 0 Å². The molecule has 0 saturated heterocycles. The lowest BCUT2D eigenvalue weighted by Gasteiger charge is -2.33. The second-order valence-corrected chi connectivity index (χ2v) is 8.44. The van der Waals surface area contributed by atoms with Crippen LogP contribution in [0.15, 0.2) is 53.7 Å². The van der Waals surface area contributed by atoms with Gasteiger partial charge in [-0.05, 0) is 48.4 Å². The second kappa shape index (κ2) is 8.97. The van der Waals surface area contributed by atoms with E-state index in [1.165, 1.54) is 11.8 Å². The van der Waals surface area contributed by atoms with Gasteiger partial charge in [-0.2, -0.15) is 0 Å². The fraction of sp³-hybridized carbons (Fsp3) is 0.286. The molecule has 0 aliphatic carbocycles. The molecule has 9 heteroatoms. The van der Waals surface area contributed by atoms with Gasteiger partial charge in [0, 0.05) is 17.1 Å². The SMILES string of the molecule is CCCc1nnc2n1NC(c1ccc(OC)cc1)C(C(=O)Nc1ccc(Cl)cc1)S2. The lowest BCUT2D eigenvalue weighted by atomic mass is 10.0. The van der Waals surface area contributed by atoms with E-state index in [1.807, 2.05) is 28.9 Å². The smallest absolute Gasteiger partial charge is 0.240 e. The predicted octanol–water partition coefficient (Wildman–Crippen LogP) is 4.29. The number of methoxy groups -OCH3 is 1. The number of hydrogen-bond acceptors (Lipinski definition) is 6. The van der Waals surface area contributed by atoms with Crippen molar-refractivity contribution in [3.63, 3.8) is 0 Å². The Hall–Kier alpha value is -2.71. The highest BCUT2D eigenvalue weighted by Crippen LogP contribution is 2.38. The van der Waals surface area contributed by atoms with E-state index in [2.05, 4.69) is 27.9 Å². The Morgan fingerprint density at radius 1 is 1.20 bits per heavy atom. The van der Waals surface area contributed by atoms with Gasteiger partial charge < -0.3 is 15.5 Å². The van der Waals surface area contributed by atoms with Crippen molar-refractivity contribution >= 4 is 35.0 Å². The van der Waals surface area contributed by atoms with Crippen LogP contribution in [0.5, 0.6) is 5.75 Å². The number of halogens is 1. The molecular weight excluding hydrogens is 422 g/mol. The Bertz CT molecular complexity index is 1020. The third-order valence-corrected chi connectivity index (χ3v) is 6.29. The Labute approximate surface area is 184 Å². The van der Waals surface area contributed by atoms with Crippen molar-refractivity contribution < 1.29 is 9.53 Å². The van der Waals surface area contributed by atoms with Gasteiger partial charge in [-0.25, -0.2) is 4.68 Å². The molecule has 2 heterocycles. The molecule has 0 bridgehead atoms. The van der Waals surface area contributed by atoms with E-state index in [4.69, 9.17) is 16.3 Å². The van der Waals surface area contributed by atoms with E-state index in [1.54, 1.807) is 31.4 Å². The number of thioether (sulfide) groups is 1. The number of nitrogens with zero attached hydrogens (tertiary/aromatic N) is 3. The molecule has 3 aromatic rings. The molecule has 0 saturated carbocycles. The first-order chi connectivity index (χ1) is 14.6. The number of hydrogen-bond donors (Lipinski definition) is 2. The zero-order valence-corrected chi connectivity index (χ0v) is 18.2. The topological polar surface area (TPSA) is 81.1 Å². The molecule has 1 amide bonds. The van der Waals surface area contributed by atoms with Crippen LogP contribution < -0.4 is 15.5 Å². The highest BCUT2D eigenvalue weighted by Gasteiger charge is 2.37. The van der Waals surface area contributed by atoms with E-state index < -0.39 is 5.25 Å². The van der Waals surface area contributed by atoms with Gasteiger partial charge in [-0.1, -0.05) is 42.4 Å². The summed E-state index contributed by atoms with van der Waals surface area (Å²) in [4.78, 5) is 13.2. The Morgan fingerprint density at radius 3 is 2.60 bits per heavy atom. The van der Waals surface area contributed by atoms with Crippen LogP contribution in [0.4, 0.5) is 5.69 Å². The minimum absolute atomic E-state index is 0.123. The number of amides is 1. The second-order valence-electron chi connectivity index (χ2n) is 6.90. The maximum atomic E-state index is 13.2. The van der Waals surface area contributed by atoms with E-state index in [0.29, 0.717) is 15.9 Å². The van der Waals surface area contributed by atoms with Crippen LogP contribution in [0.3, 0.4) is 0 Å². The molecule has 2 atom stereocenters. The van der Waals surface area contributed by atoms with Crippen molar-refractivity contribution in [2.24, 2.45) is 0 Å². The molecule has 2 unspecified atom stereocenters. The molecular formula is C21H22ClN5O2S. The quantitative estimate of drug-likeness (QED) is 0.591. The van der Waals surface area contributed by atoms with E-state index >= 15 is 0 Å². The van der Waals surface area contributed by atoms with Crippen LogP contribution in [0.2, 0.25) is 5.02 Å². The summed E-state index contributed by atoms with van der Waals surface area (Å²) < 4.78 is 7.17. The number of benzene rings is 2. The van der Waals surface area contributed by atoms with Crippen molar-refractivity contribution in [3.05, 3.63) is 64.9 Å². The molecule has 1 aliphatic rings. The average Bonchev–Trinajstić information content (AvgIpc) is 3.16. The number of fused-ring (bicyclic) bond motifs is 1. The zero-order chi connectivity index (χ0) is 21.1. The third-order valence-electron chi connectivity index (χ3n) is 4.82. The lowest BCUT2D eigenvalue weighted by molar-refractivity contribution is -0.116. The molecule has 2 N–H and O–H groups in total. The van der Waals surface area contributed by atoms with Gasteiger partial charge in [0.15, 0.2) is 5.82 Å². The summed E-state index contributed by atoms with van der Waals surface area (Å²) in [6, 6.07) is 14.5. The maximum absolute atomic E-state index is 13.2. The molecule has 1 aromatic heterocycles. The molecule has 156 valence electrons. The van der Waals surface area contributed by atoms with Gasteiger partial charge in [0.1, 0.15) is 11.0 Å². The lowest BCUT2D eigenvalue weighted by Crippen LogP contribution is -2.41. The summed E-state index contributed by atoms with van der Waals surface area (Å²) in [6.07, 6.45) is 1.76. The molecule has 0 fully saturated rings. The Morgan fingerprint density at radius 2 is 1.93 bits per heavy atom. The van der Waals surface area contributed by atoms with Crippen molar-refractivity contribution in [2.75, 3.05) is 17.9 Å². The number of aryl methyl sites for hydroxylation is 1. The molecule has 4 rings (SSSR count). The number of carbonyl (C=O) groups excluding carboxylic acids is 1. The van der Waals surface area contributed by atoms with Crippen LogP contribution in [0.25, 0.3) is 0 Å². The monoisotopic (exact) mass is 443 g/mol. The highest BCUT2D eigenvalue weighted by atomic mass is 35.5. The van der Waals surface area contributed by atoms with Gasteiger partial charge in [0.2, 0.25) is 11.1 Å². The van der Waals surface area contributed by atoms with E-state index in [0.717, 1.165) is 30.0 Å². The summed E-state index contributed by atoms with van der Waals surface area (Å²) in [6.45, 7) is 2.10. The van der Waals surface area contributed by atoms with Crippen LogP contribution in [0, 0.1) is 0 Å². The van der Waals surface area contributed by atoms with Crippen LogP contribution in [-0.4, -0.2) is 33.1 Å². The first-order valence-corrected chi connectivity index (χ1v) is 10.9. The summed E-state index contributed by atoms with van der Waals surface area (Å²) in [5.74, 6) is 1.50. The summed E-state index contributed by atoms with van der Waals surface area (Å²) in [5, 5.41) is 12.4. The van der Waals surface area contributed by atoms with Gasteiger partial charge in [-0.15, -0.1) is 10.2 Å². The number of aromatic nitrogens is 3. The molecule has 30 heavy (non-hydrogen) atoms. The van der Waals surface area contributed by atoms with Gasteiger partial charge >= 0.3 is 0 Å². The standard InChI is InChI=1S/C21H22ClN5O2S/c1-3-4-17-24-25-21-27(17)26-18(13-5-11-16(29-2)12-6-13)19(30-21)20(28)23-15-9-7-14(22)8-10-15/h5-12,18-19,26H,3-4H2,1-2H3,(H,23,28). The number of rotatable bonds is 6. The number of anilines is 1. The first-order valence-electron chi connectivity index (χ1n) is 9.67. The van der Waals surface area contributed by atoms with Gasteiger partial charge in [0.05, 0.1) is 13.2 Å². The van der Waals surface area contributed by atoms with E-state index in [9.17, 15) is 4.79 Å². The average molecular weight is 444 g/mol. The molecule has 0 spiro atoms. The van der Waals surface area contributed by atoms with Gasteiger partial charge in [0.25, 0.3) is 0 Å². The van der Waals surface area contributed by atoms with Crippen LogP contribution >= 0.6 is 23.4 Å². The molecule has 2 aromatic carbocycles. The first kappa shape index (κ1) is 20.6. The van der Waals surface area contributed by atoms with Crippen LogP contribution in [0.1, 0.15) is 30.8 Å². The zero-order valence-electron chi connectivity index (χ0n) is 16.6. The minimum Gasteiger partial charge on any atom is -0.497 e. The molecule has 1 aliphatic heterocycles. The number of ether oxygens (including phenoxy) is 1. The normalized spacial score (nSPS) is 17.7. The van der Waals surface area contributed by atoms with Crippen LogP contribution in [-0.2, 0) is 11.2 Å². The summed E-state index contributed by atoms with van der Waals surface area (Å²) in [7, 11) is 1.63. The summed E-state index contributed by atoms with van der Waals surface area (Å²) in [5.41, 5.74) is 5.12. The fourth-order valence-electron chi connectivity index (χ4n) is 3.29. The van der Waals surface area contributed by atoms with Crippen molar-refractivity contribution in [3.8, 4) is 5.75 Å².